The van der Waals surface area contributed by atoms with Gasteiger partial charge >= 0.3 is 0 Å². The van der Waals surface area contributed by atoms with Gasteiger partial charge in [0.15, 0.2) is 0 Å². The highest BCUT2D eigenvalue weighted by Crippen LogP contribution is 2.29. The van der Waals surface area contributed by atoms with Crippen LogP contribution in [0.1, 0.15) is 44.0 Å². The molecule has 2 heterocycles. The number of aliphatic hydroxyl groups excluding tert-OH is 1. The monoisotopic (exact) mass is 443 g/mol. The highest BCUT2D eigenvalue weighted by Gasteiger charge is 2.42. The van der Waals surface area contributed by atoms with E-state index in [1.807, 2.05) is 51.4 Å². The molecule has 0 bridgehead atoms. The Morgan fingerprint density at radius 1 is 1.42 bits per heavy atom. The zero-order valence-electron chi connectivity index (χ0n) is 18.5. The number of nitrogens with two attached hydrogens (primary N) is 1. The van der Waals surface area contributed by atoms with Crippen molar-refractivity contribution in [1.29, 1.82) is 0 Å². The van der Waals surface area contributed by atoms with E-state index in [2.05, 4.69) is 17.2 Å². The lowest BCUT2D eigenvalue weighted by Gasteiger charge is -2.32. The average Bonchev–Trinajstić information content (AvgIpc) is 3.30. The molecule has 1 aromatic heterocycles. The summed E-state index contributed by atoms with van der Waals surface area (Å²) in [6.45, 7) is 12.1. The van der Waals surface area contributed by atoms with Gasteiger partial charge in [0, 0.05) is 19.5 Å². The number of carbonyl (C=O) groups excluding carboxylic acids is 2. The van der Waals surface area contributed by atoms with Crippen molar-refractivity contribution < 1.29 is 14.7 Å². The number of β-amino-alcohol motifs (C(OH)–C–C–N with tert-alkyl or cyclic N) is 1. The summed E-state index contributed by atoms with van der Waals surface area (Å²) in [5, 5.41) is 13.0. The van der Waals surface area contributed by atoms with Crippen LogP contribution in [-0.2, 0) is 16.1 Å². The maximum absolute atomic E-state index is 12.9. The van der Waals surface area contributed by atoms with Gasteiger partial charge in [-0.15, -0.1) is 11.3 Å². The van der Waals surface area contributed by atoms with Crippen molar-refractivity contribution in [3.63, 3.8) is 0 Å². The first kappa shape index (κ1) is 23.4. The highest BCUT2D eigenvalue weighted by atomic mass is 32.1. The van der Waals surface area contributed by atoms with Gasteiger partial charge in [0.1, 0.15) is 6.04 Å². The molecule has 1 fully saturated rings. The number of aromatic nitrogens is 1. The van der Waals surface area contributed by atoms with Crippen LogP contribution >= 0.6 is 11.3 Å². The van der Waals surface area contributed by atoms with Crippen LogP contribution < -0.4 is 11.1 Å². The molecule has 167 valence electrons. The molecule has 1 aliphatic heterocycles. The van der Waals surface area contributed by atoms with E-state index in [1.165, 1.54) is 4.90 Å². The number of likely N-dealkylation sites (tertiary alicyclic amines) is 1. The van der Waals surface area contributed by atoms with E-state index < -0.39 is 23.6 Å². The number of aliphatic hydroxyl groups is 1. The van der Waals surface area contributed by atoms with Crippen molar-refractivity contribution in [3.8, 4) is 10.4 Å². The summed E-state index contributed by atoms with van der Waals surface area (Å²) in [6, 6.07) is 4.44. The van der Waals surface area contributed by atoms with Gasteiger partial charge in [0.05, 0.1) is 28.2 Å². The van der Waals surface area contributed by atoms with Crippen molar-refractivity contribution in [2.75, 3.05) is 6.54 Å². The van der Waals surface area contributed by atoms with E-state index in [9.17, 15) is 14.7 Å². The maximum Gasteiger partial charge on any atom is 0.243 e. The number of thiazole rings is 1. The van der Waals surface area contributed by atoms with Crippen LogP contribution in [0.5, 0.6) is 0 Å². The Morgan fingerprint density at radius 3 is 2.71 bits per heavy atom. The van der Waals surface area contributed by atoms with E-state index >= 15 is 0 Å². The summed E-state index contributed by atoms with van der Waals surface area (Å²) >= 11 is 1.58. The Morgan fingerprint density at radius 2 is 2.13 bits per heavy atom. The number of aryl methyl sites for hydroxylation is 1. The molecule has 0 aliphatic carbocycles. The second kappa shape index (κ2) is 9.06. The summed E-state index contributed by atoms with van der Waals surface area (Å²) in [5.74, 6) is -0.612. The molecule has 3 rings (SSSR count). The van der Waals surface area contributed by atoms with Crippen LogP contribution in [0.25, 0.3) is 10.4 Å². The molecule has 1 aliphatic rings. The molecule has 1 aromatic carbocycles. The van der Waals surface area contributed by atoms with Crippen molar-refractivity contribution in [1.82, 2.24) is 15.2 Å². The van der Waals surface area contributed by atoms with E-state index in [0.29, 0.717) is 6.54 Å². The van der Waals surface area contributed by atoms with Crippen LogP contribution in [0.15, 0.2) is 23.7 Å². The number of rotatable bonds is 5. The Labute approximate surface area is 187 Å². The fraction of sp³-hybridized carbons (Fsp3) is 0.478. The average molecular weight is 444 g/mol. The van der Waals surface area contributed by atoms with Gasteiger partial charge in [0.25, 0.3) is 0 Å². The number of nitrogens with zero attached hydrogens (tertiary/aromatic N) is 2. The first-order chi connectivity index (χ1) is 14.5. The molecule has 0 spiro atoms. The van der Waals surface area contributed by atoms with Gasteiger partial charge in [-0.2, -0.15) is 0 Å². The first-order valence-corrected chi connectivity index (χ1v) is 11.2. The lowest BCUT2D eigenvalue weighted by Crippen LogP contribution is -2.54. The molecule has 2 aromatic rings. The lowest BCUT2D eigenvalue weighted by atomic mass is 9.86. The summed E-state index contributed by atoms with van der Waals surface area (Å²) in [5.41, 5.74) is 11.2. The van der Waals surface area contributed by atoms with E-state index in [1.54, 1.807) is 11.3 Å². The summed E-state index contributed by atoms with van der Waals surface area (Å²) in [6.07, 6.45) is -0.535. The predicted molar refractivity (Wildman–Crippen MR) is 122 cm³/mol. The quantitative estimate of drug-likeness (QED) is 0.657. The van der Waals surface area contributed by atoms with Crippen LogP contribution in [0.4, 0.5) is 0 Å². The Bertz CT molecular complexity index is 966. The van der Waals surface area contributed by atoms with E-state index in [4.69, 9.17) is 5.73 Å². The van der Waals surface area contributed by atoms with Gasteiger partial charge in [-0.3, -0.25) is 9.59 Å². The van der Waals surface area contributed by atoms with Crippen LogP contribution in [0.3, 0.4) is 0 Å². The van der Waals surface area contributed by atoms with Gasteiger partial charge in [-0.05, 0) is 42.0 Å². The summed E-state index contributed by atoms with van der Waals surface area (Å²) < 4.78 is 0. The number of nitrogens with one attached hydrogen (secondary N) is 1. The molecule has 1 saturated heterocycles. The van der Waals surface area contributed by atoms with Crippen LogP contribution in [0, 0.1) is 19.3 Å². The smallest absolute Gasteiger partial charge is 0.243 e. The van der Waals surface area contributed by atoms with Crippen molar-refractivity contribution in [2.24, 2.45) is 11.1 Å². The highest BCUT2D eigenvalue weighted by molar-refractivity contribution is 7.13. The molecule has 4 N–H and O–H groups in total. The zero-order valence-corrected chi connectivity index (χ0v) is 19.3. The molecule has 8 heteroatoms. The molecule has 0 saturated carbocycles. The van der Waals surface area contributed by atoms with Gasteiger partial charge in [0.2, 0.25) is 11.8 Å². The van der Waals surface area contributed by atoms with Crippen molar-refractivity contribution in [2.45, 2.75) is 58.8 Å². The largest absolute Gasteiger partial charge is 0.391 e. The minimum atomic E-state index is -0.748. The van der Waals surface area contributed by atoms with Gasteiger partial charge in [-0.25, -0.2) is 4.98 Å². The fourth-order valence-electron chi connectivity index (χ4n) is 3.67. The molecule has 0 unspecified atom stereocenters. The first-order valence-electron chi connectivity index (χ1n) is 10.4. The van der Waals surface area contributed by atoms with Crippen LogP contribution in [0.2, 0.25) is 0 Å². The molecular weight excluding hydrogens is 412 g/mol. The number of hydrogen-bond donors (Lipinski definition) is 3. The standard InChI is InChI=1S/C23H31N4O3S/c1-13-8-15(19-14(2)26-12-31-19)6-7-16(13)10-25-21(29)18-9-17(28)11-27(18)22(30)20(24)23(3,4)5/h6-8,12,17-18,20,28H,1,9-11,24H2,2-5H3,(H,25,29)/t17-,18+,20-/m1/s1. The topological polar surface area (TPSA) is 109 Å². The minimum Gasteiger partial charge on any atom is -0.391 e. The third-order valence-electron chi connectivity index (χ3n) is 5.73. The molecule has 3 atom stereocenters. The third-order valence-corrected chi connectivity index (χ3v) is 6.71. The second-order valence-corrected chi connectivity index (χ2v) is 10.1. The number of carbonyl (C=O) groups is 2. The zero-order chi connectivity index (χ0) is 22.9. The third kappa shape index (κ3) is 5.14. The minimum absolute atomic E-state index is 0.115. The predicted octanol–water partition coefficient (Wildman–Crippen LogP) is 2.25. The molecule has 2 amide bonds. The molecule has 1 radical (unpaired) electrons. The summed E-state index contributed by atoms with van der Waals surface area (Å²) in [4.78, 5) is 32.5. The number of amides is 2. The second-order valence-electron chi connectivity index (χ2n) is 9.21. The fourth-order valence-corrected chi connectivity index (χ4v) is 4.48. The van der Waals surface area contributed by atoms with Gasteiger partial charge < -0.3 is 21.1 Å². The number of benzene rings is 1. The molecule has 31 heavy (non-hydrogen) atoms. The normalized spacial score (nSPS) is 20.0. The van der Waals surface area contributed by atoms with Crippen molar-refractivity contribution >= 4 is 23.2 Å². The Balaban J connectivity index is 1.68. The molecular formula is C23H31N4O3S. The van der Waals surface area contributed by atoms with Gasteiger partial charge in [-0.1, -0.05) is 32.9 Å². The Kier molecular flexibility index (Phi) is 6.83. The SMILES string of the molecule is [CH2]c1cc(-c2scnc2C)ccc1CNC(=O)[C@@H]1C[C@@H](O)CN1C(=O)[C@@H](N)C(C)(C)C. The Hall–Kier alpha value is -2.29. The molecule has 7 nitrogen and oxygen atoms in total. The lowest BCUT2D eigenvalue weighted by molar-refractivity contribution is -0.141. The van der Waals surface area contributed by atoms with E-state index in [-0.39, 0.29) is 24.8 Å². The van der Waals surface area contributed by atoms with Crippen molar-refractivity contribution in [3.05, 3.63) is 47.5 Å². The van der Waals surface area contributed by atoms with Crippen LogP contribution in [-0.4, -0.2) is 51.5 Å². The summed E-state index contributed by atoms with van der Waals surface area (Å²) in [7, 11) is 0. The number of hydrogen-bond acceptors (Lipinski definition) is 6. The maximum atomic E-state index is 12.9. The van der Waals surface area contributed by atoms with E-state index in [0.717, 1.165) is 27.3 Å².